The van der Waals surface area contributed by atoms with Gasteiger partial charge in [0, 0.05) is 23.0 Å². The molecular weight excluding hydrogens is 410 g/mol. The number of amides is 2. The highest BCUT2D eigenvalue weighted by Crippen LogP contribution is 2.15. The van der Waals surface area contributed by atoms with Crippen LogP contribution in [0.4, 0.5) is 0 Å². The number of hydrogen-bond donors (Lipinski definition) is 3. The number of hydrazone groups is 1. The highest BCUT2D eigenvalue weighted by atomic mass is 79.9. The first-order valence-corrected chi connectivity index (χ1v) is 9.50. The number of nitrogens with zero attached hydrogens (tertiary/aromatic N) is 1. The van der Waals surface area contributed by atoms with Gasteiger partial charge >= 0.3 is 0 Å². The van der Waals surface area contributed by atoms with Crippen LogP contribution in [0, 0.1) is 0 Å². The van der Waals surface area contributed by atoms with Crippen LogP contribution >= 0.6 is 15.9 Å². The zero-order chi connectivity index (χ0) is 19.5. The zero-order valence-electron chi connectivity index (χ0n) is 14.8. The van der Waals surface area contributed by atoms with Crippen LogP contribution in [0.2, 0.25) is 0 Å². The number of unbranched alkanes of at least 4 members (excludes halogenated alkanes) is 2. The molecule has 0 saturated heterocycles. The molecule has 0 fully saturated rings. The lowest BCUT2D eigenvalue weighted by Crippen LogP contribution is -2.24. The quantitative estimate of drug-likeness (QED) is 0.321. The molecule has 142 valence electrons. The Morgan fingerprint density at radius 1 is 1.04 bits per heavy atom. The Bertz CT molecular complexity index is 809. The number of benzene rings is 2. The molecule has 7 heteroatoms. The third kappa shape index (κ3) is 7.22. The second-order valence-electron chi connectivity index (χ2n) is 5.90. The summed E-state index contributed by atoms with van der Waals surface area (Å²) in [7, 11) is 0. The Kier molecular flexibility index (Phi) is 8.51. The summed E-state index contributed by atoms with van der Waals surface area (Å²) in [5.74, 6) is -0.183. The lowest BCUT2D eigenvalue weighted by atomic mass is 10.2. The molecule has 0 aliphatic rings. The fourth-order valence-corrected chi connectivity index (χ4v) is 2.82. The number of carbonyl (C=O) groups excluding carboxylic acids is 2. The van der Waals surface area contributed by atoms with Gasteiger partial charge in [-0.15, -0.1) is 0 Å². The van der Waals surface area contributed by atoms with Crippen molar-refractivity contribution in [3.63, 3.8) is 0 Å². The molecule has 0 atom stereocenters. The van der Waals surface area contributed by atoms with E-state index in [1.165, 1.54) is 6.21 Å². The van der Waals surface area contributed by atoms with Crippen LogP contribution in [0.1, 0.15) is 41.6 Å². The molecule has 0 saturated carbocycles. The van der Waals surface area contributed by atoms with E-state index < -0.39 is 0 Å². The van der Waals surface area contributed by atoms with E-state index in [0.717, 1.165) is 17.3 Å². The second kappa shape index (κ2) is 11.1. The van der Waals surface area contributed by atoms with E-state index in [9.17, 15) is 14.7 Å². The maximum absolute atomic E-state index is 12.0. The normalized spacial score (nSPS) is 10.7. The summed E-state index contributed by atoms with van der Waals surface area (Å²) in [5.41, 5.74) is 3.59. The van der Waals surface area contributed by atoms with Crippen molar-refractivity contribution in [2.45, 2.75) is 25.7 Å². The molecular formula is C20H22BrN3O3. The van der Waals surface area contributed by atoms with Gasteiger partial charge in [0.05, 0.1) is 11.8 Å². The molecule has 0 heterocycles. The van der Waals surface area contributed by atoms with Crippen LogP contribution in [0.3, 0.4) is 0 Å². The number of halogens is 1. The lowest BCUT2D eigenvalue weighted by molar-refractivity contribution is -0.121. The van der Waals surface area contributed by atoms with Gasteiger partial charge in [-0.25, -0.2) is 5.43 Å². The Morgan fingerprint density at radius 3 is 2.56 bits per heavy atom. The van der Waals surface area contributed by atoms with Crippen LogP contribution in [0.15, 0.2) is 58.1 Å². The van der Waals surface area contributed by atoms with Crippen molar-refractivity contribution >= 4 is 34.0 Å². The molecule has 0 aromatic heterocycles. The molecule has 2 rings (SSSR count). The van der Waals surface area contributed by atoms with Gasteiger partial charge in [0.1, 0.15) is 5.75 Å². The van der Waals surface area contributed by atoms with Crippen LogP contribution < -0.4 is 10.7 Å². The third-order valence-electron chi connectivity index (χ3n) is 3.81. The highest BCUT2D eigenvalue weighted by Gasteiger charge is 2.08. The fraction of sp³-hybridized carbons (Fsp3) is 0.250. The Balaban J connectivity index is 1.57. The van der Waals surface area contributed by atoms with Gasteiger partial charge in [0.15, 0.2) is 0 Å². The maximum atomic E-state index is 12.0. The van der Waals surface area contributed by atoms with Gasteiger partial charge < -0.3 is 10.4 Å². The summed E-state index contributed by atoms with van der Waals surface area (Å²) in [6.45, 7) is 0.563. The molecule has 0 spiro atoms. The first kappa shape index (κ1) is 20.6. The summed E-state index contributed by atoms with van der Waals surface area (Å²) in [5, 5.41) is 16.3. The number of phenolic OH excluding ortho intramolecular Hbond substituents is 1. The van der Waals surface area contributed by atoms with E-state index in [1.54, 1.807) is 30.3 Å². The number of rotatable bonds is 9. The number of para-hydroxylation sites is 1. The second-order valence-corrected chi connectivity index (χ2v) is 6.75. The van der Waals surface area contributed by atoms with Gasteiger partial charge in [0.2, 0.25) is 5.91 Å². The van der Waals surface area contributed by atoms with Crippen LogP contribution in [0.5, 0.6) is 5.75 Å². The maximum Gasteiger partial charge on any atom is 0.252 e. The Hall–Kier alpha value is -2.67. The van der Waals surface area contributed by atoms with Crippen molar-refractivity contribution in [1.82, 2.24) is 10.7 Å². The number of hydrogen-bond acceptors (Lipinski definition) is 4. The monoisotopic (exact) mass is 431 g/mol. The molecule has 0 bridgehead atoms. The predicted octanol–water partition coefficient (Wildman–Crippen LogP) is 3.60. The largest absolute Gasteiger partial charge is 0.507 e. The van der Waals surface area contributed by atoms with Gasteiger partial charge in [-0.1, -0.05) is 30.7 Å². The van der Waals surface area contributed by atoms with Gasteiger partial charge in [0.25, 0.3) is 5.91 Å². The van der Waals surface area contributed by atoms with E-state index in [2.05, 4.69) is 31.8 Å². The predicted molar refractivity (Wildman–Crippen MR) is 109 cm³/mol. The van der Waals surface area contributed by atoms with E-state index in [4.69, 9.17) is 0 Å². The minimum atomic E-state index is -0.182. The van der Waals surface area contributed by atoms with Gasteiger partial charge in [-0.05, 0) is 53.0 Å². The van der Waals surface area contributed by atoms with Gasteiger partial charge in [-0.3, -0.25) is 9.59 Å². The van der Waals surface area contributed by atoms with Gasteiger partial charge in [-0.2, -0.15) is 5.10 Å². The number of aromatic hydroxyl groups is 1. The van der Waals surface area contributed by atoms with Crippen molar-refractivity contribution in [1.29, 1.82) is 0 Å². The van der Waals surface area contributed by atoms with Crippen molar-refractivity contribution < 1.29 is 14.7 Å². The molecule has 0 radical (unpaired) electrons. The Labute approximate surface area is 166 Å². The lowest BCUT2D eigenvalue weighted by Gasteiger charge is -2.06. The zero-order valence-corrected chi connectivity index (χ0v) is 16.4. The minimum absolute atomic E-state index is 0.111. The van der Waals surface area contributed by atoms with E-state index in [0.29, 0.717) is 30.5 Å². The number of nitrogens with one attached hydrogen (secondary N) is 2. The number of carbonyl (C=O) groups is 2. The van der Waals surface area contributed by atoms with Crippen molar-refractivity contribution in [3.05, 3.63) is 64.1 Å². The number of phenols is 1. The van der Waals surface area contributed by atoms with Crippen molar-refractivity contribution in [2.24, 2.45) is 5.10 Å². The van der Waals surface area contributed by atoms with E-state index >= 15 is 0 Å². The SMILES string of the molecule is O=C(CCCCCNC(=O)c1ccccc1Br)N/N=C/c1ccccc1O. The molecule has 2 aromatic rings. The molecule has 2 amide bonds. The standard InChI is InChI=1S/C20H22BrN3O3/c21-17-10-5-4-9-16(17)20(27)22-13-7-1-2-12-19(26)24-23-14-15-8-3-6-11-18(15)25/h3-6,8-11,14,25H,1-2,7,12-13H2,(H,22,27)(H,24,26)/b23-14+. The smallest absolute Gasteiger partial charge is 0.252 e. The van der Waals surface area contributed by atoms with E-state index in [1.807, 2.05) is 18.2 Å². The van der Waals surface area contributed by atoms with Crippen LogP contribution in [-0.2, 0) is 4.79 Å². The highest BCUT2D eigenvalue weighted by molar-refractivity contribution is 9.10. The Morgan fingerprint density at radius 2 is 1.78 bits per heavy atom. The summed E-state index contributed by atoms with van der Waals surface area (Å²) < 4.78 is 0.767. The van der Waals surface area contributed by atoms with Crippen molar-refractivity contribution in [3.8, 4) is 5.75 Å². The molecule has 0 aliphatic carbocycles. The molecule has 0 aliphatic heterocycles. The van der Waals surface area contributed by atoms with E-state index in [-0.39, 0.29) is 17.6 Å². The molecule has 2 aromatic carbocycles. The van der Waals surface area contributed by atoms with Crippen LogP contribution in [-0.4, -0.2) is 29.7 Å². The first-order chi connectivity index (χ1) is 13.1. The molecule has 0 unspecified atom stereocenters. The molecule has 27 heavy (non-hydrogen) atoms. The first-order valence-electron chi connectivity index (χ1n) is 8.70. The average molecular weight is 432 g/mol. The summed E-state index contributed by atoms with van der Waals surface area (Å²) >= 11 is 3.36. The summed E-state index contributed by atoms with van der Waals surface area (Å²) in [4.78, 5) is 23.7. The fourth-order valence-electron chi connectivity index (χ4n) is 2.36. The van der Waals surface area contributed by atoms with Crippen LogP contribution in [0.25, 0.3) is 0 Å². The molecule has 3 N–H and O–H groups in total. The summed E-state index contributed by atoms with van der Waals surface area (Å²) in [6, 6.07) is 14.0. The minimum Gasteiger partial charge on any atom is -0.507 e. The molecule has 6 nitrogen and oxygen atoms in total. The topological polar surface area (TPSA) is 90.8 Å². The average Bonchev–Trinajstić information content (AvgIpc) is 2.66. The summed E-state index contributed by atoms with van der Waals surface area (Å²) in [6.07, 6.45) is 4.10. The van der Waals surface area contributed by atoms with Crippen molar-refractivity contribution in [2.75, 3.05) is 6.54 Å². The third-order valence-corrected chi connectivity index (χ3v) is 4.51.